The highest BCUT2D eigenvalue weighted by Crippen LogP contribution is 2.35. The maximum atomic E-state index is 12.8. The van der Waals surface area contributed by atoms with Gasteiger partial charge in [0.2, 0.25) is 0 Å². The molecule has 1 aromatic heterocycles. The Balaban J connectivity index is 2.34. The quantitative estimate of drug-likeness (QED) is 0.796. The number of carbonyl (C=O) groups excluding carboxylic acids is 1. The van der Waals surface area contributed by atoms with Crippen LogP contribution in [0.2, 0.25) is 5.02 Å². The number of alkyl halides is 3. The molecule has 1 aliphatic rings. The van der Waals surface area contributed by atoms with Crippen molar-refractivity contribution >= 4 is 17.5 Å². The van der Waals surface area contributed by atoms with Gasteiger partial charge in [-0.25, -0.2) is 0 Å². The molecule has 0 bridgehead atoms. The van der Waals surface area contributed by atoms with Crippen molar-refractivity contribution in [1.82, 2.24) is 14.7 Å². The largest absolute Gasteiger partial charge is 0.436 e. The van der Waals surface area contributed by atoms with Crippen molar-refractivity contribution in [3.63, 3.8) is 0 Å². The molecule has 1 amide bonds. The molecule has 0 spiro atoms. The molecule has 0 unspecified atom stereocenters. The van der Waals surface area contributed by atoms with Crippen LogP contribution in [0.3, 0.4) is 0 Å². The molecule has 1 aromatic rings. The highest BCUT2D eigenvalue weighted by molar-refractivity contribution is 6.34. The predicted octanol–water partition coefficient (Wildman–Crippen LogP) is 2.34. The zero-order valence-corrected chi connectivity index (χ0v) is 12.5. The smallest absolute Gasteiger partial charge is 0.372 e. The van der Waals surface area contributed by atoms with E-state index in [0.29, 0.717) is 13.1 Å². The topological polar surface area (TPSA) is 47.4 Å². The highest BCUT2D eigenvalue weighted by Gasteiger charge is 2.41. The summed E-state index contributed by atoms with van der Waals surface area (Å²) in [6.07, 6.45) is -5.07. The van der Waals surface area contributed by atoms with Crippen LogP contribution in [0.25, 0.3) is 0 Å². The Morgan fingerprint density at radius 1 is 1.33 bits per heavy atom. The van der Waals surface area contributed by atoms with Crippen molar-refractivity contribution in [1.29, 1.82) is 0 Å². The fourth-order valence-corrected chi connectivity index (χ4v) is 2.75. The molecular weight excluding hydrogens is 311 g/mol. The number of aromatic nitrogens is 2. The minimum absolute atomic E-state index is 0.188. The Morgan fingerprint density at radius 3 is 2.29 bits per heavy atom. The van der Waals surface area contributed by atoms with E-state index in [2.05, 4.69) is 5.10 Å². The van der Waals surface area contributed by atoms with Crippen LogP contribution < -0.4 is 0 Å². The van der Waals surface area contributed by atoms with Crippen molar-refractivity contribution in [3.8, 4) is 0 Å². The Kier molecular flexibility index (Phi) is 4.21. The second kappa shape index (κ2) is 5.49. The van der Waals surface area contributed by atoms with Crippen LogP contribution in [0.1, 0.15) is 30.0 Å². The van der Waals surface area contributed by atoms with Crippen molar-refractivity contribution < 1.29 is 22.7 Å². The molecule has 1 saturated heterocycles. The summed E-state index contributed by atoms with van der Waals surface area (Å²) in [6.45, 7) is 4.18. The molecule has 21 heavy (non-hydrogen) atoms. The normalized spacial score (nSPS) is 23.5. The minimum atomic E-state index is -4.70. The zero-order valence-electron chi connectivity index (χ0n) is 11.7. The maximum absolute atomic E-state index is 12.8. The van der Waals surface area contributed by atoms with Crippen LogP contribution in [0, 0.1) is 0 Å². The standard InChI is InChI=1S/C12H15ClF3N3O2/c1-6-4-19(5-7(2)21-6)11(20)9-8(13)10(12(14,15)16)17-18(9)3/h6-7H,4-5H2,1-3H3/t6-,7-/m1/s1. The Morgan fingerprint density at radius 2 is 1.86 bits per heavy atom. The molecule has 0 aliphatic carbocycles. The van der Waals surface area contributed by atoms with Gasteiger partial charge >= 0.3 is 6.18 Å². The summed E-state index contributed by atoms with van der Waals surface area (Å²) in [5, 5.41) is 2.65. The minimum Gasteiger partial charge on any atom is -0.372 e. The van der Waals surface area contributed by atoms with E-state index in [4.69, 9.17) is 16.3 Å². The van der Waals surface area contributed by atoms with Gasteiger partial charge in [-0.3, -0.25) is 9.48 Å². The van der Waals surface area contributed by atoms with Crippen molar-refractivity contribution in [2.45, 2.75) is 32.2 Å². The summed E-state index contributed by atoms with van der Waals surface area (Å²) >= 11 is 5.72. The van der Waals surface area contributed by atoms with E-state index in [1.54, 1.807) is 13.8 Å². The molecule has 0 saturated carbocycles. The lowest BCUT2D eigenvalue weighted by Gasteiger charge is -2.35. The van der Waals surface area contributed by atoms with E-state index in [1.807, 2.05) is 0 Å². The first-order valence-electron chi connectivity index (χ1n) is 6.35. The van der Waals surface area contributed by atoms with Crippen molar-refractivity contribution in [3.05, 3.63) is 16.4 Å². The molecule has 1 fully saturated rings. The molecule has 0 aromatic carbocycles. The molecule has 5 nitrogen and oxygen atoms in total. The average Bonchev–Trinajstić information content (AvgIpc) is 2.62. The lowest BCUT2D eigenvalue weighted by molar-refractivity contribution is -0.141. The number of hydrogen-bond acceptors (Lipinski definition) is 3. The van der Waals surface area contributed by atoms with E-state index in [-0.39, 0.29) is 17.9 Å². The molecule has 118 valence electrons. The van der Waals surface area contributed by atoms with Crippen LogP contribution in [-0.2, 0) is 18.0 Å². The Labute approximate surface area is 124 Å². The van der Waals surface area contributed by atoms with Crippen LogP contribution in [0.5, 0.6) is 0 Å². The number of amides is 1. The average molecular weight is 326 g/mol. The third kappa shape index (κ3) is 3.16. The lowest BCUT2D eigenvalue weighted by Crippen LogP contribution is -2.48. The molecule has 9 heteroatoms. The first kappa shape index (κ1) is 16.1. The monoisotopic (exact) mass is 325 g/mol. The van der Waals surface area contributed by atoms with Crippen LogP contribution in [0.4, 0.5) is 13.2 Å². The third-order valence-electron chi connectivity index (χ3n) is 3.17. The Hall–Kier alpha value is -1.28. The molecule has 2 rings (SSSR count). The van der Waals surface area contributed by atoms with Crippen molar-refractivity contribution in [2.75, 3.05) is 13.1 Å². The Bertz CT molecular complexity index is 549. The summed E-state index contributed by atoms with van der Waals surface area (Å²) in [7, 11) is 1.27. The number of morpholine rings is 1. The van der Waals surface area contributed by atoms with E-state index >= 15 is 0 Å². The lowest BCUT2D eigenvalue weighted by atomic mass is 10.2. The molecule has 1 aliphatic heterocycles. The summed E-state index contributed by atoms with van der Waals surface area (Å²) in [5.74, 6) is -0.576. The number of ether oxygens (including phenoxy) is 1. The second-order valence-corrected chi connectivity index (χ2v) is 5.48. The van der Waals surface area contributed by atoms with Gasteiger partial charge in [-0.2, -0.15) is 18.3 Å². The van der Waals surface area contributed by atoms with Gasteiger partial charge in [0.1, 0.15) is 10.7 Å². The van der Waals surface area contributed by atoms with Gasteiger partial charge in [-0.1, -0.05) is 11.6 Å². The van der Waals surface area contributed by atoms with E-state index < -0.39 is 22.8 Å². The summed E-state index contributed by atoms with van der Waals surface area (Å²) < 4.78 is 44.7. The number of hydrogen-bond donors (Lipinski definition) is 0. The van der Waals surface area contributed by atoms with Crippen LogP contribution in [-0.4, -0.2) is 45.9 Å². The molecule has 2 atom stereocenters. The van der Waals surface area contributed by atoms with Gasteiger partial charge in [0.15, 0.2) is 5.69 Å². The van der Waals surface area contributed by atoms with Gasteiger partial charge in [-0.05, 0) is 13.8 Å². The number of nitrogens with zero attached hydrogens (tertiary/aromatic N) is 3. The molecule has 0 radical (unpaired) electrons. The maximum Gasteiger partial charge on any atom is 0.436 e. The second-order valence-electron chi connectivity index (χ2n) is 5.10. The number of aryl methyl sites for hydroxylation is 1. The van der Waals surface area contributed by atoms with Gasteiger partial charge in [0.25, 0.3) is 5.91 Å². The predicted molar refractivity (Wildman–Crippen MR) is 69.1 cm³/mol. The van der Waals surface area contributed by atoms with Crippen LogP contribution >= 0.6 is 11.6 Å². The third-order valence-corrected chi connectivity index (χ3v) is 3.53. The number of rotatable bonds is 1. The summed E-state index contributed by atoms with van der Waals surface area (Å²) in [4.78, 5) is 13.9. The molecule has 0 N–H and O–H groups in total. The highest BCUT2D eigenvalue weighted by atomic mass is 35.5. The molecular formula is C12H15ClF3N3O2. The first-order valence-corrected chi connectivity index (χ1v) is 6.73. The fraction of sp³-hybridized carbons (Fsp3) is 0.667. The van der Waals surface area contributed by atoms with E-state index in [1.165, 1.54) is 11.9 Å². The van der Waals surface area contributed by atoms with Gasteiger partial charge in [0, 0.05) is 20.1 Å². The fourth-order valence-electron chi connectivity index (χ4n) is 2.41. The summed E-state index contributed by atoms with van der Waals surface area (Å²) in [6, 6.07) is 0. The zero-order chi connectivity index (χ0) is 15.9. The molecule has 2 heterocycles. The van der Waals surface area contributed by atoms with E-state index in [9.17, 15) is 18.0 Å². The van der Waals surface area contributed by atoms with Crippen LogP contribution in [0.15, 0.2) is 0 Å². The number of halogens is 4. The number of carbonyl (C=O) groups is 1. The summed E-state index contributed by atoms with van der Waals surface area (Å²) in [5.41, 5.74) is -1.50. The van der Waals surface area contributed by atoms with Gasteiger partial charge in [0.05, 0.1) is 12.2 Å². The first-order chi connectivity index (χ1) is 9.61. The van der Waals surface area contributed by atoms with E-state index in [0.717, 1.165) is 4.68 Å². The van der Waals surface area contributed by atoms with Crippen molar-refractivity contribution in [2.24, 2.45) is 7.05 Å². The van der Waals surface area contributed by atoms with Gasteiger partial charge < -0.3 is 9.64 Å². The van der Waals surface area contributed by atoms with Gasteiger partial charge in [-0.15, -0.1) is 0 Å². The SMILES string of the molecule is C[C@@H]1CN(C(=O)c2c(Cl)c(C(F)(F)F)nn2C)C[C@@H](C)O1.